The van der Waals surface area contributed by atoms with Gasteiger partial charge in [0.25, 0.3) is 0 Å². The maximum absolute atomic E-state index is 11.2. The largest absolute Gasteiger partial charge is 0.240 e. The zero-order chi connectivity index (χ0) is 8.10. The Bertz CT molecular complexity index is 310. The van der Waals surface area contributed by atoms with E-state index in [-0.39, 0.29) is 0 Å². The molecule has 0 saturated heterocycles. The molecule has 56 valence electrons. The molecule has 3 heteroatoms. The summed E-state index contributed by atoms with van der Waals surface area (Å²) in [6.45, 7) is 0. The highest BCUT2D eigenvalue weighted by molar-refractivity contribution is 9.12. The van der Waals surface area contributed by atoms with Gasteiger partial charge in [0.15, 0.2) is 0 Å². The molecule has 0 fully saturated rings. The summed E-state index contributed by atoms with van der Waals surface area (Å²) < 4.78 is 11.2. The third-order valence-corrected chi connectivity index (χ3v) is 2.54. The Balaban J connectivity index is 2.92. The molecule has 0 saturated carbocycles. The maximum Gasteiger partial charge on any atom is 0.131 e. The molecular weight excluding hydrogens is 224 g/mol. The van der Waals surface area contributed by atoms with E-state index in [1.807, 2.05) is 18.2 Å². The van der Waals surface area contributed by atoms with E-state index in [4.69, 9.17) is 0 Å². The number of hydrogen-bond acceptors (Lipinski definition) is 1. The van der Waals surface area contributed by atoms with Crippen molar-refractivity contribution in [1.82, 2.24) is 0 Å². The van der Waals surface area contributed by atoms with Crippen molar-refractivity contribution in [1.29, 1.82) is 0 Å². The summed E-state index contributed by atoms with van der Waals surface area (Å²) in [5, 5.41) is 2.50. The molecule has 1 rings (SSSR count). The van der Waals surface area contributed by atoms with Gasteiger partial charge in [-0.15, -0.1) is 0 Å². The van der Waals surface area contributed by atoms with Crippen molar-refractivity contribution >= 4 is 26.7 Å². The van der Waals surface area contributed by atoms with E-state index in [1.54, 1.807) is 12.1 Å². The molecule has 1 aromatic carbocycles. The van der Waals surface area contributed by atoms with Gasteiger partial charge in [0.2, 0.25) is 0 Å². The van der Waals surface area contributed by atoms with Gasteiger partial charge in [-0.05, 0) is 17.0 Å². The van der Waals surface area contributed by atoms with Crippen molar-refractivity contribution in [2.24, 2.45) is 0 Å². The number of hydrogen-bond donors (Lipinski definition) is 0. The molecule has 0 amide bonds. The lowest BCUT2D eigenvalue weighted by atomic mass is 10.4. The maximum atomic E-state index is 11.2. The zero-order valence-corrected chi connectivity index (χ0v) is 7.98. The van der Waals surface area contributed by atoms with E-state index in [0.29, 0.717) is 0 Å². The lowest BCUT2D eigenvalue weighted by molar-refractivity contribution is 0.689. The first-order chi connectivity index (χ1) is 5.34. The molecule has 1 unspecified atom stereocenters. The van der Waals surface area contributed by atoms with Crippen molar-refractivity contribution < 1.29 is 4.21 Å². The van der Waals surface area contributed by atoms with Crippen molar-refractivity contribution in [3.8, 4) is 10.1 Å². The Morgan fingerprint density at radius 2 is 1.91 bits per heavy atom. The van der Waals surface area contributed by atoms with Gasteiger partial charge in [-0.3, -0.25) is 0 Å². The van der Waals surface area contributed by atoms with Crippen molar-refractivity contribution in [3.05, 3.63) is 30.3 Å². The highest BCUT2D eigenvalue weighted by Crippen LogP contribution is 2.03. The summed E-state index contributed by atoms with van der Waals surface area (Å²) >= 11 is 2.89. The Morgan fingerprint density at radius 1 is 1.27 bits per heavy atom. The highest BCUT2D eigenvalue weighted by Gasteiger charge is 1.95. The highest BCUT2D eigenvalue weighted by atomic mass is 79.9. The third-order valence-electron chi connectivity index (χ3n) is 1.09. The zero-order valence-electron chi connectivity index (χ0n) is 5.58. The second-order valence-electron chi connectivity index (χ2n) is 1.78. The minimum atomic E-state index is -1.19. The Kier molecular flexibility index (Phi) is 3.34. The molecule has 0 aliphatic carbocycles. The van der Waals surface area contributed by atoms with Crippen LogP contribution in [-0.4, -0.2) is 4.21 Å². The molecular formula is C8H5BrOS. The summed E-state index contributed by atoms with van der Waals surface area (Å²) in [6.07, 6.45) is 0. The van der Waals surface area contributed by atoms with Crippen LogP contribution in [-0.2, 0) is 10.8 Å². The molecule has 1 nitrogen and oxygen atoms in total. The van der Waals surface area contributed by atoms with Crippen LogP contribution in [0.25, 0.3) is 0 Å². The van der Waals surface area contributed by atoms with E-state index < -0.39 is 10.8 Å². The third kappa shape index (κ3) is 2.49. The van der Waals surface area contributed by atoms with Crippen LogP contribution in [0.15, 0.2) is 35.2 Å². The van der Waals surface area contributed by atoms with Crippen LogP contribution in [0, 0.1) is 10.1 Å². The van der Waals surface area contributed by atoms with Crippen molar-refractivity contribution in [2.75, 3.05) is 0 Å². The molecule has 0 bridgehead atoms. The summed E-state index contributed by atoms with van der Waals surface area (Å²) in [5.41, 5.74) is 0. The molecule has 11 heavy (non-hydrogen) atoms. The molecule has 0 spiro atoms. The van der Waals surface area contributed by atoms with Gasteiger partial charge in [0.1, 0.15) is 10.8 Å². The fraction of sp³-hybridized carbons (Fsp3) is 0. The van der Waals surface area contributed by atoms with Gasteiger partial charge in [-0.25, -0.2) is 4.21 Å². The summed E-state index contributed by atoms with van der Waals surface area (Å²) in [7, 11) is -1.19. The Labute approximate surface area is 76.4 Å². The predicted octanol–water partition coefficient (Wildman–Crippen LogP) is 2.11. The molecule has 0 heterocycles. The fourth-order valence-electron chi connectivity index (χ4n) is 0.638. The quantitative estimate of drug-likeness (QED) is 0.674. The van der Waals surface area contributed by atoms with Crippen LogP contribution in [0.4, 0.5) is 0 Å². The van der Waals surface area contributed by atoms with Gasteiger partial charge >= 0.3 is 0 Å². The normalized spacial score (nSPS) is 11.4. The molecule has 0 aliphatic rings. The first-order valence-corrected chi connectivity index (χ1v) is 4.87. The lowest BCUT2D eigenvalue weighted by Gasteiger charge is -1.90. The van der Waals surface area contributed by atoms with Gasteiger partial charge in [0, 0.05) is 21.2 Å². The number of benzene rings is 1. The second kappa shape index (κ2) is 4.32. The van der Waals surface area contributed by atoms with E-state index in [2.05, 4.69) is 26.0 Å². The second-order valence-corrected chi connectivity index (χ2v) is 3.39. The van der Waals surface area contributed by atoms with Crippen molar-refractivity contribution in [2.45, 2.75) is 4.90 Å². The molecule has 0 radical (unpaired) electrons. The van der Waals surface area contributed by atoms with Gasteiger partial charge < -0.3 is 0 Å². The van der Waals surface area contributed by atoms with Crippen molar-refractivity contribution in [3.63, 3.8) is 0 Å². The van der Waals surface area contributed by atoms with Gasteiger partial charge in [0.05, 0.1) is 4.90 Å². The van der Waals surface area contributed by atoms with E-state index >= 15 is 0 Å². The number of halogens is 1. The lowest BCUT2D eigenvalue weighted by Crippen LogP contribution is -1.84. The smallest absolute Gasteiger partial charge is 0.131 e. The SMILES string of the molecule is O=S(C#CBr)c1ccccc1. The molecule has 0 N–H and O–H groups in total. The minimum Gasteiger partial charge on any atom is -0.240 e. The number of rotatable bonds is 1. The first-order valence-electron chi connectivity index (χ1n) is 2.92. The molecule has 0 aliphatic heterocycles. The molecule has 1 aromatic rings. The fourth-order valence-corrected chi connectivity index (χ4v) is 1.67. The van der Waals surface area contributed by atoms with Crippen LogP contribution < -0.4 is 0 Å². The van der Waals surface area contributed by atoms with E-state index in [9.17, 15) is 4.21 Å². The van der Waals surface area contributed by atoms with Crippen LogP contribution in [0.3, 0.4) is 0 Å². The molecule has 1 atom stereocenters. The summed E-state index contributed by atoms with van der Waals surface area (Å²) in [5.74, 6) is 0. The summed E-state index contributed by atoms with van der Waals surface area (Å²) in [6, 6.07) is 9.12. The monoisotopic (exact) mass is 228 g/mol. The topological polar surface area (TPSA) is 17.1 Å². The van der Waals surface area contributed by atoms with Crippen LogP contribution >= 0.6 is 15.9 Å². The van der Waals surface area contributed by atoms with E-state index in [0.717, 1.165) is 4.90 Å². The predicted molar refractivity (Wildman–Crippen MR) is 49.6 cm³/mol. The average molecular weight is 229 g/mol. The summed E-state index contributed by atoms with van der Waals surface area (Å²) in [4.78, 5) is 3.16. The first kappa shape index (κ1) is 8.51. The van der Waals surface area contributed by atoms with Crippen LogP contribution in [0.5, 0.6) is 0 Å². The van der Waals surface area contributed by atoms with Crippen LogP contribution in [0.1, 0.15) is 0 Å². The van der Waals surface area contributed by atoms with E-state index in [1.165, 1.54) is 0 Å². The molecule has 0 aromatic heterocycles. The standard InChI is InChI=1S/C8H5BrOS/c9-6-7-11(10)8-4-2-1-3-5-8/h1-5H. The van der Waals surface area contributed by atoms with Gasteiger partial charge in [-0.1, -0.05) is 18.2 Å². The van der Waals surface area contributed by atoms with Crippen LogP contribution in [0.2, 0.25) is 0 Å². The Hall–Kier alpha value is -0.590. The van der Waals surface area contributed by atoms with Gasteiger partial charge in [-0.2, -0.15) is 0 Å². The Morgan fingerprint density at radius 3 is 2.45 bits per heavy atom. The average Bonchev–Trinajstić information content (AvgIpc) is 2.07. The minimum absolute atomic E-state index is 0.736.